The predicted octanol–water partition coefficient (Wildman–Crippen LogP) is 0.567. The summed E-state index contributed by atoms with van der Waals surface area (Å²) in [6.45, 7) is 7.88. The number of carbonyl (C=O) groups is 1. The summed E-state index contributed by atoms with van der Waals surface area (Å²) in [6.07, 6.45) is 4.64. The molecule has 110 valence electrons. The van der Waals surface area contributed by atoms with E-state index in [1.165, 1.54) is 0 Å². The number of hydrogen-bond donors (Lipinski definition) is 4. The minimum atomic E-state index is -0.792. The normalized spacial score (nSPS) is 29.2. The van der Waals surface area contributed by atoms with Crippen LogP contribution in [0.4, 0.5) is 0 Å². The lowest BCUT2D eigenvalue weighted by Crippen LogP contribution is -2.52. The summed E-state index contributed by atoms with van der Waals surface area (Å²) in [5.74, 6) is -0.0110. The summed E-state index contributed by atoms with van der Waals surface area (Å²) in [5.41, 5.74) is 6.20. The summed E-state index contributed by atoms with van der Waals surface area (Å²) < 4.78 is 0. The van der Waals surface area contributed by atoms with E-state index >= 15 is 0 Å². The Morgan fingerprint density at radius 2 is 2.21 bits per heavy atom. The number of rotatable bonds is 7. The molecule has 1 rings (SSSR count). The van der Waals surface area contributed by atoms with Crippen molar-refractivity contribution in [1.29, 1.82) is 0 Å². The standard InChI is InChI=1S/C14H27N3O2/c1-4-5-10-6-12(14(18)19)17-13(10)11(15)8-16-7-9(2)3/h4-5,9-13,16-17H,6-8,15H2,1-3H3,(H,18,19)/b5-4-. The van der Waals surface area contributed by atoms with Crippen molar-refractivity contribution in [2.24, 2.45) is 17.6 Å². The molecule has 0 radical (unpaired) electrons. The lowest BCUT2D eigenvalue weighted by Gasteiger charge is -2.25. The molecular formula is C14H27N3O2. The van der Waals surface area contributed by atoms with Gasteiger partial charge in [0, 0.05) is 18.6 Å². The summed E-state index contributed by atoms with van der Waals surface area (Å²) in [6, 6.07) is -0.538. The first kappa shape index (κ1) is 16.1. The zero-order valence-electron chi connectivity index (χ0n) is 12.1. The van der Waals surface area contributed by atoms with Crippen molar-refractivity contribution in [3.8, 4) is 0 Å². The maximum atomic E-state index is 11.1. The molecule has 4 unspecified atom stereocenters. The van der Waals surface area contributed by atoms with E-state index in [1.807, 2.05) is 13.0 Å². The van der Waals surface area contributed by atoms with Crippen molar-refractivity contribution in [3.63, 3.8) is 0 Å². The highest BCUT2D eigenvalue weighted by Gasteiger charge is 2.38. The first-order valence-corrected chi connectivity index (χ1v) is 7.03. The van der Waals surface area contributed by atoms with Gasteiger partial charge >= 0.3 is 5.97 Å². The van der Waals surface area contributed by atoms with Crippen LogP contribution in [0.5, 0.6) is 0 Å². The van der Waals surface area contributed by atoms with Gasteiger partial charge in [-0.2, -0.15) is 0 Å². The van der Waals surface area contributed by atoms with Crippen molar-refractivity contribution < 1.29 is 9.90 Å². The lowest BCUT2D eigenvalue weighted by atomic mass is 9.93. The molecule has 1 aliphatic rings. The first-order chi connectivity index (χ1) is 8.95. The highest BCUT2D eigenvalue weighted by atomic mass is 16.4. The number of nitrogens with one attached hydrogen (secondary N) is 2. The molecule has 5 heteroatoms. The van der Waals surface area contributed by atoms with Crippen LogP contribution >= 0.6 is 0 Å². The van der Waals surface area contributed by atoms with Crippen molar-refractivity contribution in [2.45, 2.75) is 45.3 Å². The van der Waals surface area contributed by atoms with Gasteiger partial charge in [0.2, 0.25) is 0 Å². The second-order valence-corrected chi connectivity index (χ2v) is 5.72. The molecule has 0 amide bonds. The molecule has 1 aliphatic heterocycles. The lowest BCUT2D eigenvalue weighted by molar-refractivity contribution is -0.139. The van der Waals surface area contributed by atoms with Gasteiger partial charge in [0.1, 0.15) is 6.04 Å². The molecule has 1 fully saturated rings. The van der Waals surface area contributed by atoms with E-state index in [0.717, 1.165) is 6.54 Å². The van der Waals surface area contributed by atoms with Crippen molar-refractivity contribution >= 4 is 5.97 Å². The van der Waals surface area contributed by atoms with Gasteiger partial charge in [0.25, 0.3) is 0 Å². The highest BCUT2D eigenvalue weighted by Crippen LogP contribution is 2.24. The maximum absolute atomic E-state index is 11.1. The van der Waals surface area contributed by atoms with Gasteiger partial charge < -0.3 is 16.2 Å². The van der Waals surface area contributed by atoms with Crippen LogP contribution in [0.2, 0.25) is 0 Å². The monoisotopic (exact) mass is 269 g/mol. The number of carboxylic acid groups (broad SMARTS) is 1. The Morgan fingerprint density at radius 1 is 1.53 bits per heavy atom. The largest absolute Gasteiger partial charge is 0.480 e. The van der Waals surface area contributed by atoms with Crippen LogP contribution in [0, 0.1) is 11.8 Å². The molecule has 0 aromatic carbocycles. The summed E-state index contributed by atoms with van der Waals surface area (Å²) in [5, 5.41) is 15.6. The predicted molar refractivity (Wildman–Crippen MR) is 77.0 cm³/mol. The number of nitrogens with two attached hydrogens (primary N) is 1. The minimum Gasteiger partial charge on any atom is -0.480 e. The van der Waals surface area contributed by atoms with Gasteiger partial charge in [0.05, 0.1) is 0 Å². The molecule has 5 nitrogen and oxygen atoms in total. The van der Waals surface area contributed by atoms with Crippen molar-refractivity contribution in [1.82, 2.24) is 10.6 Å². The SMILES string of the molecule is C/C=C\C1CC(C(=O)O)NC1C(N)CNCC(C)C. The van der Waals surface area contributed by atoms with E-state index in [9.17, 15) is 4.79 Å². The Morgan fingerprint density at radius 3 is 2.74 bits per heavy atom. The number of aliphatic carboxylic acids is 1. The van der Waals surface area contributed by atoms with E-state index < -0.39 is 12.0 Å². The minimum absolute atomic E-state index is 0.0250. The van der Waals surface area contributed by atoms with Gasteiger partial charge in [-0.3, -0.25) is 10.1 Å². The van der Waals surface area contributed by atoms with Crippen molar-refractivity contribution in [2.75, 3.05) is 13.1 Å². The Hall–Kier alpha value is -0.910. The molecule has 0 aromatic rings. The fourth-order valence-electron chi connectivity index (χ4n) is 2.57. The van der Waals surface area contributed by atoms with E-state index in [-0.39, 0.29) is 18.0 Å². The summed E-state index contributed by atoms with van der Waals surface area (Å²) in [4.78, 5) is 11.1. The van der Waals surface area contributed by atoms with Gasteiger partial charge in [-0.15, -0.1) is 0 Å². The molecular weight excluding hydrogens is 242 g/mol. The van der Waals surface area contributed by atoms with Gasteiger partial charge in [-0.1, -0.05) is 26.0 Å². The molecule has 5 N–H and O–H groups in total. The van der Waals surface area contributed by atoms with Gasteiger partial charge in [-0.05, 0) is 31.7 Å². The van der Waals surface area contributed by atoms with E-state index in [2.05, 4.69) is 30.6 Å². The number of allylic oxidation sites excluding steroid dienone is 1. The molecule has 0 saturated carbocycles. The first-order valence-electron chi connectivity index (χ1n) is 7.03. The van der Waals surface area contributed by atoms with Crippen LogP contribution in [-0.4, -0.2) is 42.3 Å². The molecule has 0 aromatic heterocycles. The van der Waals surface area contributed by atoms with Gasteiger partial charge in [0.15, 0.2) is 0 Å². The van der Waals surface area contributed by atoms with Crippen molar-refractivity contribution in [3.05, 3.63) is 12.2 Å². The third-order valence-electron chi connectivity index (χ3n) is 3.49. The Kier molecular flexibility index (Phi) is 6.48. The van der Waals surface area contributed by atoms with E-state index in [1.54, 1.807) is 0 Å². The molecule has 19 heavy (non-hydrogen) atoms. The fourth-order valence-corrected chi connectivity index (χ4v) is 2.57. The Labute approximate surface area is 115 Å². The van der Waals surface area contributed by atoms with Crippen LogP contribution in [0.3, 0.4) is 0 Å². The summed E-state index contributed by atoms with van der Waals surface area (Å²) in [7, 11) is 0. The zero-order valence-corrected chi connectivity index (χ0v) is 12.1. The molecule has 0 spiro atoms. The molecule has 4 atom stereocenters. The van der Waals surface area contributed by atoms with Gasteiger partial charge in [-0.25, -0.2) is 0 Å². The Balaban J connectivity index is 2.54. The third kappa shape index (κ3) is 4.93. The third-order valence-corrected chi connectivity index (χ3v) is 3.49. The van der Waals surface area contributed by atoms with Crippen LogP contribution < -0.4 is 16.4 Å². The molecule has 1 saturated heterocycles. The van der Waals surface area contributed by atoms with Crippen LogP contribution in [0.1, 0.15) is 27.2 Å². The summed E-state index contributed by atoms with van der Waals surface area (Å²) >= 11 is 0. The smallest absolute Gasteiger partial charge is 0.320 e. The molecule has 0 bridgehead atoms. The van der Waals surface area contributed by atoms with Crippen LogP contribution in [-0.2, 0) is 4.79 Å². The topological polar surface area (TPSA) is 87.4 Å². The average Bonchev–Trinajstić information content (AvgIpc) is 2.73. The molecule has 1 heterocycles. The number of carboxylic acids is 1. The second-order valence-electron chi connectivity index (χ2n) is 5.72. The van der Waals surface area contributed by atoms with Crippen LogP contribution in [0.15, 0.2) is 12.2 Å². The van der Waals surface area contributed by atoms with E-state index in [4.69, 9.17) is 10.8 Å². The number of hydrogen-bond acceptors (Lipinski definition) is 4. The van der Waals surface area contributed by atoms with Crippen LogP contribution in [0.25, 0.3) is 0 Å². The maximum Gasteiger partial charge on any atom is 0.320 e. The average molecular weight is 269 g/mol. The van der Waals surface area contributed by atoms with E-state index in [0.29, 0.717) is 18.9 Å². The quantitative estimate of drug-likeness (QED) is 0.508. The highest BCUT2D eigenvalue weighted by molar-refractivity contribution is 5.74. The Bertz CT molecular complexity index is 318. The zero-order chi connectivity index (χ0) is 14.4. The molecule has 0 aliphatic carbocycles. The fraction of sp³-hybridized carbons (Fsp3) is 0.786. The second kappa shape index (κ2) is 7.62.